The minimum atomic E-state index is -0.103. The van der Waals surface area contributed by atoms with Gasteiger partial charge in [0.1, 0.15) is 0 Å². The van der Waals surface area contributed by atoms with E-state index in [1.807, 2.05) is 24.0 Å². The molecule has 1 heterocycles. The van der Waals surface area contributed by atoms with Crippen LogP contribution in [0.25, 0.3) is 10.9 Å². The second kappa shape index (κ2) is 8.85. The molecule has 6 heteroatoms. The minimum absolute atomic E-state index is 0.00369. The van der Waals surface area contributed by atoms with Crippen LogP contribution in [-0.4, -0.2) is 39.3 Å². The van der Waals surface area contributed by atoms with Crippen LogP contribution in [0.3, 0.4) is 0 Å². The van der Waals surface area contributed by atoms with Gasteiger partial charge in [0.05, 0.1) is 13.2 Å². The van der Waals surface area contributed by atoms with E-state index in [2.05, 4.69) is 23.3 Å². The van der Waals surface area contributed by atoms with Crippen molar-refractivity contribution in [1.29, 1.82) is 0 Å². The van der Waals surface area contributed by atoms with E-state index < -0.39 is 0 Å². The maximum absolute atomic E-state index is 12.6. The average Bonchev–Trinajstić information content (AvgIpc) is 2.64. The van der Waals surface area contributed by atoms with Gasteiger partial charge in [-0.3, -0.25) is 4.79 Å². The minimum Gasteiger partial charge on any atom is -0.395 e. The fraction of sp³-hybridized carbons (Fsp3) is 0.524. The monoisotopic (exact) mass is 387 g/mol. The lowest BCUT2D eigenvalue weighted by atomic mass is 9.96. The number of benzene rings is 1. The Bertz CT molecular complexity index is 872. The molecule has 0 unspecified atom stereocenters. The van der Waals surface area contributed by atoms with Crippen molar-refractivity contribution in [3.63, 3.8) is 0 Å². The summed E-state index contributed by atoms with van der Waals surface area (Å²) < 4.78 is 0. The molecular weight excluding hydrogens is 358 g/mol. The highest BCUT2D eigenvalue weighted by Crippen LogP contribution is 2.19. The molecule has 0 atom stereocenters. The van der Waals surface area contributed by atoms with Gasteiger partial charge in [-0.2, -0.15) is 0 Å². The van der Waals surface area contributed by atoms with Crippen LogP contribution in [0.1, 0.15) is 48.8 Å². The van der Waals surface area contributed by atoms with Gasteiger partial charge in [-0.05, 0) is 73.6 Å². The van der Waals surface area contributed by atoms with Crippen molar-refractivity contribution in [3.05, 3.63) is 45.2 Å². The number of aromatic amines is 1. The number of thiocarbonyl (C=S) groups is 1. The van der Waals surface area contributed by atoms with Gasteiger partial charge in [0.2, 0.25) is 0 Å². The first kappa shape index (κ1) is 19.8. The van der Waals surface area contributed by atoms with Crippen molar-refractivity contribution in [3.8, 4) is 0 Å². The average molecular weight is 388 g/mol. The molecule has 1 aliphatic rings. The Kier molecular flexibility index (Phi) is 6.50. The molecule has 146 valence electrons. The number of nitrogens with one attached hydrogen (secondary N) is 2. The first-order chi connectivity index (χ1) is 13.0. The lowest BCUT2D eigenvalue weighted by molar-refractivity contribution is 0.243. The Labute approximate surface area is 165 Å². The second-order valence-electron chi connectivity index (χ2n) is 7.58. The zero-order valence-electron chi connectivity index (χ0n) is 16.2. The molecule has 0 bridgehead atoms. The van der Waals surface area contributed by atoms with Crippen LogP contribution in [0.4, 0.5) is 0 Å². The molecule has 1 saturated carbocycles. The Morgan fingerprint density at radius 2 is 1.93 bits per heavy atom. The Hall–Kier alpha value is -1.92. The highest BCUT2D eigenvalue weighted by atomic mass is 32.1. The quantitative estimate of drug-likeness (QED) is 0.688. The predicted molar refractivity (Wildman–Crippen MR) is 114 cm³/mol. The lowest BCUT2D eigenvalue weighted by Crippen LogP contribution is -2.46. The molecule has 0 aliphatic heterocycles. The first-order valence-electron chi connectivity index (χ1n) is 9.77. The van der Waals surface area contributed by atoms with Crippen LogP contribution in [0.2, 0.25) is 0 Å². The number of H-pyrrole nitrogens is 1. The summed E-state index contributed by atoms with van der Waals surface area (Å²) in [6, 6.07) is 6.44. The summed E-state index contributed by atoms with van der Waals surface area (Å²) in [4.78, 5) is 17.4. The van der Waals surface area contributed by atoms with Gasteiger partial charge in [-0.25, -0.2) is 0 Å². The molecular formula is C21H29N3O2S. The summed E-state index contributed by atoms with van der Waals surface area (Å²) in [6.07, 6.45) is 5.99. The molecule has 1 aliphatic carbocycles. The summed E-state index contributed by atoms with van der Waals surface area (Å²) >= 11 is 5.59. The van der Waals surface area contributed by atoms with Crippen LogP contribution >= 0.6 is 12.2 Å². The first-order valence-corrected chi connectivity index (χ1v) is 10.2. The van der Waals surface area contributed by atoms with Crippen molar-refractivity contribution >= 4 is 28.2 Å². The summed E-state index contributed by atoms with van der Waals surface area (Å²) in [7, 11) is 0. The molecule has 2 aromatic rings. The lowest BCUT2D eigenvalue weighted by Gasteiger charge is -2.30. The Morgan fingerprint density at radius 1 is 1.22 bits per heavy atom. The van der Waals surface area contributed by atoms with E-state index in [0.717, 1.165) is 29.3 Å². The molecule has 1 aromatic heterocycles. The molecule has 0 spiro atoms. The number of aryl methyl sites for hydroxylation is 2. The van der Waals surface area contributed by atoms with Crippen LogP contribution < -0.4 is 10.9 Å². The van der Waals surface area contributed by atoms with Crippen LogP contribution in [0.5, 0.6) is 0 Å². The number of aliphatic hydroxyl groups is 1. The Morgan fingerprint density at radius 3 is 2.63 bits per heavy atom. The predicted octanol–water partition coefficient (Wildman–Crippen LogP) is 3.15. The van der Waals surface area contributed by atoms with Gasteiger partial charge in [0.25, 0.3) is 5.56 Å². The summed E-state index contributed by atoms with van der Waals surface area (Å²) in [6.45, 7) is 4.90. The maximum Gasteiger partial charge on any atom is 0.253 e. The van der Waals surface area contributed by atoms with E-state index >= 15 is 0 Å². The van der Waals surface area contributed by atoms with Crippen molar-refractivity contribution in [1.82, 2.24) is 15.2 Å². The molecule has 0 radical (unpaired) electrons. The van der Waals surface area contributed by atoms with E-state index in [0.29, 0.717) is 29.8 Å². The zero-order chi connectivity index (χ0) is 19.4. The van der Waals surface area contributed by atoms with E-state index in [1.54, 1.807) is 0 Å². The molecule has 0 saturated heterocycles. The normalized spacial score (nSPS) is 15.1. The van der Waals surface area contributed by atoms with Crippen LogP contribution in [-0.2, 0) is 6.54 Å². The number of aromatic nitrogens is 1. The molecule has 3 N–H and O–H groups in total. The third-order valence-electron chi connectivity index (χ3n) is 5.49. The van der Waals surface area contributed by atoms with E-state index in [-0.39, 0.29) is 12.2 Å². The molecule has 0 amide bonds. The largest absolute Gasteiger partial charge is 0.395 e. The third kappa shape index (κ3) is 4.87. The molecule has 1 fully saturated rings. The van der Waals surface area contributed by atoms with Crippen LogP contribution in [0, 0.1) is 13.8 Å². The van der Waals surface area contributed by atoms with Crippen molar-refractivity contribution in [2.75, 3.05) is 13.2 Å². The maximum atomic E-state index is 12.6. The smallest absolute Gasteiger partial charge is 0.253 e. The summed E-state index contributed by atoms with van der Waals surface area (Å²) in [5, 5.41) is 14.5. The number of fused-ring (bicyclic) bond motifs is 1. The fourth-order valence-electron chi connectivity index (χ4n) is 3.73. The van der Waals surface area contributed by atoms with Gasteiger partial charge in [-0.15, -0.1) is 0 Å². The van der Waals surface area contributed by atoms with Gasteiger partial charge < -0.3 is 20.3 Å². The number of pyridine rings is 1. The second-order valence-corrected chi connectivity index (χ2v) is 7.96. The molecule has 5 nitrogen and oxygen atoms in total. The van der Waals surface area contributed by atoms with Gasteiger partial charge in [0.15, 0.2) is 5.11 Å². The summed E-state index contributed by atoms with van der Waals surface area (Å²) in [5.41, 5.74) is 3.76. The van der Waals surface area contributed by atoms with Crippen molar-refractivity contribution in [2.24, 2.45) is 0 Å². The van der Waals surface area contributed by atoms with Crippen LogP contribution in [0.15, 0.2) is 23.0 Å². The van der Waals surface area contributed by atoms with Crippen molar-refractivity contribution < 1.29 is 5.11 Å². The third-order valence-corrected chi connectivity index (χ3v) is 5.86. The van der Waals surface area contributed by atoms with Gasteiger partial charge in [-0.1, -0.05) is 19.3 Å². The molecule has 3 rings (SSSR count). The SMILES string of the molecule is Cc1cc2cc(CN(CCO)C(=S)NC3CCCCC3)c(=O)[nH]c2cc1C. The Balaban J connectivity index is 1.80. The van der Waals surface area contributed by atoms with Gasteiger partial charge >= 0.3 is 0 Å². The number of nitrogens with zero attached hydrogens (tertiary/aromatic N) is 1. The fourth-order valence-corrected chi connectivity index (χ4v) is 4.05. The van der Waals surface area contributed by atoms with E-state index in [1.165, 1.54) is 24.8 Å². The number of rotatable bonds is 5. The number of hydrogen-bond donors (Lipinski definition) is 3. The highest BCUT2D eigenvalue weighted by molar-refractivity contribution is 7.80. The topological polar surface area (TPSA) is 68.4 Å². The van der Waals surface area contributed by atoms with E-state index in [4.69, 9.17) is 12.2 Å². The zero-order valence-corrected chi connectivity index (χ0v) is 17.0. The number of aliphatic hydroxyl groups excluding tert-OH is 1. The molecule has 1 aromatic carbocycles. The highest BCUT2D eigenvalue weighted by Gasteiger charge is 2.18. The number of hydrogen-bond acceptors (Lipinski definition) is 3. The molecule has 27 heavy (non-hydrogen) atoms. The van der Waals surface area contributed by atoms with Gasteiger partial charge in [0, 0.05) is 23.7 Å². The standard InChI is InChI=1S/C21H29N3O2S/c1-14-10-16-12-17(20(26)23-19(16)11-15(14)2)13-24(8-9-25)21(27)22-18-6-4-3-5-7-18/h10-12,18,25H,3-9,13H2,1-2H3,(H,22,27)(H,23,26). The summed E-state index contributed by atoms with van der Waals surface area (Å²) in [5.74, 6) is 0. The van der Waals surface area contributed by atoms with E-state index in [9.17, 15) is 9.90 Å². The van der Waals surface area contributed by atoms with Crippen molar-refractivity contribution in [2.45, 2.75) is 58.5 Å².